The molecule has 0 radical (unpaired) electrons. The summed E-state index contributed by atoms with van der Waals surface area (Å²) in [5.74, 6) is -0.657. The fourth-order valence-corrected chi connectivity index (χ4v) is 4.09. The van der Waals surface area contributed by atoms with Crippen LogP contribution in [-0.4, -0.2) is 42.6 Å². The van der Waals surface area contributed by atoms with Crippen LogP contribution < -0.4 is 4.90 Å². The van der Waals surface area contributed by atoms with Crippen LogP contribution in [0.3, 0.4) is 0 Å². The van der Waals surface area contributed by atoms with Crippen LogP contribution in [0.4, 0.5) is 10.1 Å². The van der Waals surface area contributed by atoms with Gasteiger partial charge in [0.05, 0.1) is 12.2 Å². The Balaban J connectivity index is 1.42. The molecule has 2 fully saturated rings. The second kappa shape index (κ2) is 7.76. The molecule has 2 aliphatic rings. The number of ether oxygens (including phenoxy) is 1. The van der Waals surface area contributed by atoms with Crippen LogP contribution in [0.5, 0.6) is 0 Å². The summed E-state index contributed by atoms with van der Waals surface area (Å²) in [6.07, 6.45) is 2.60. The molecule has 1 amide bonds. The lowest BCUT2D eigenvalue weighted by atomic mass is 9.88. The first kappa shape index (κ1) is 18.7. The van der Waals surface area contributed by atoms with E-state index in [-0.39, 0.29) is 11.7 Å². The Morgan fingerprint density at radius 1 is 1.04 bits per heavy atom. The zero-order valence-electron chi connectivity index (χ0n) is 15.9. The summed E-state index contributed by atoms with van der Waals surface area (Å²) < 4.78 is 20.3. The third-order valence-electron chi connectivity index (χ3n) is 5.74. The fraction of sp³-hybridized carbons (Fsp3) is 0.348. The molecule has 0 N–H and O–H groups in total. The first-order chi connectivity index (χ1) is 13.6. The zero-order valence-corrected chi connectivity index (χ0v) is 15.9. The summed E-state index contributed by atoms with van der Waals surface area (Å²) >= 11 is 0. The predicted molar refractivity (Wildman–Crippen MR) is 108 cm³/mol. The molecule has 0 bridgehead atoms. The highest BCUT2D eigenvalue weighted by molar-refractivity contribution is 6.04. The van der Waals surface area contributed by atoms with Gasteiger partial charge in [0, 0.05) is 32.5 Å². The summed E-state index contributed by atoms with van der Waals surface area (Å²) in [5.41, 5.74) is 1.14. The lowest BCUT2D eigenvalue weighted by Gasteiger charge is -2.47. The first-order valence-corrected chi connectivity index (χ1v) is 9.77. The van der Waals surface area contributed by atoms with Crippen LogP contribution in [-0.2, 0) is 16.0 Å². The molecule has 28 heavy (non-hydrogen) atoms. The van der Waals surface area contributed by atoms with Gasteiger partial charge < -0.3 is 9.64 Å². The molecular formula is C23H25FN2O2. The molecule has 2 aliphatic heterocycles. The van der Waals surface area contributed by atoms with Gasteiger partial charge in [-0.1, -0.05) is 49.0 Å². The molecule has 0 atom stereocenters. The smallest absolute Gasteiger partial charge is 0.292 e. The van der Waals surface area contributed by atoms with Crippen LogP contribution >= 0.6 is 0 Å². The highest BCUT2D eigenvalue weighted by Gasteiger charge is 2.45. The lowest BCUT2D eigenvalue weighted by Crippen LogP contribution is -2.58. The van der Waals surface area contributed by atoms with Crippen molar-refractivity contribution < 1.29 is 13.9 Å². The van der Waals surface area contributed by atoms with E-state index in [0.29, 0.717) is 12.2 Å². The molecule has 0 unspecified atom stereocenters. The summed E-state index contributed by atoms with van der Waals surface area (Å²) in [5, 5.41) is 0. The van der Waals surface area contributed by atoms with E-state index in [4.69, 9.17) is 4.74 Å². The van der Waals surface area contributed by atoms with E-state index in [1.54, 1.807) is 18.2 Å². The Kier molecular flexibility index (Phi) is 5.18. The predicted octanol–water partition coefficient (Wildman–Crippen LogP) is 3.78. The molecule has 2 aromatic carbocycles. The third-order valence-corrected chi connectivity index (χ3v) is 5.74. The van der Waals surface area contributed by atoms with Crippen molar-refractivity contribution in [3.8, 4) is 0 Å². The molecule has 0 aliphatic carbocycles. The van der Waals surface area contributed by atoms with Gasteiger partial charge in [0.25, 0.3) is 5.91 Å². The molecule has 2 aromatic rings. The quantitative estimate of drug-likeness (QED) is 0.757. The van der Waals surface area contributed by atoms with Gasteiger partial charge in [-0.2, -0.15) is 0 Å². The maximum absolute atomic E-state index is 14.3. The van der Waals surface area contributed by atoms with Crippen LogP contribution in [0.25, 0.3) is 0 Å². The van der Waals surface area contributed by atoms with E-state index in [0.717, 1.165) is 38.9 Å². The third kappa shape index (κ3) is 3.80. The highest BCUT2D eigenvalue weighted by atomic mass is 19.1. The van der Waals surface area contributed by atoms with Crippen molar-refractivity contribution in [2.24, 2.45) is 0 Å². The number of rotatable bonds is 4. The monoisotopic (exact) mass is 380 g/mol. The number of hydrogen-bond donors (Lipinski definition) is 0. The number of anilines is 1. The number of piperidine rings is 1. The van der Waals surface area contributed by atoms with E-state index in [1.807, 2.05) is 6.07 Å². The minimum absolute atomic E-state index is 0.104. The van der Waals surface area contributed by atoms with Crippen LogP contribution in [0.1, 0.15) is 18.4 Å². The summed E-state index contributed by atoms with van der Waals surface area (Å²) in [6, 6.07) is 16.8. The van der Waals surface area contributed by atoms with E-state index >= 15 is 0 Å². The van der Waals surface area contributed by atoms with Gasteiger partial charge in [0.1, 0.15) is 11.4 Å². The van der Waals surface area contributed by atoms with Gasteiger partial charge in [-0.25, -0.2) is 4.39 Å². The zero-order chi connectivity index (χ0) is 19.6. The number of hydrogen-bond acceptors (Lipinski definition) is 3. The van der Waals surface area contributed by atoms with Crippen molar-refractivity contribution in [1.82, 2.24) is 4.90 Å². The van der Waals surface area contributed by atoms with Crippen molar-refractivity contribution in [2.75, 3.05) is 31.1 Å². The van der Waals surface area contributed by atoms with E-state index in [2.05, 4.69) is 35.7 Å². The minimum atomic E-state index is -0.490. The second-order valence-corrected chi connectivity index (χ2v) is 7.63. The van der Waals surface area contributed by atoms with Gasteiger partial charge in [-0.15, -0.1) is 0 Å². The fourth-order valence-electron chi connectivity index (χ4n) is 4.09. The standard InChI is InChI=1S/C23H25FN2O2/c1-18-22(27)26(21-10-6-5-9-20(21)24)17-23(28-18)12-15-25(16-13-23)14-11-19-7-3-2-4-8-19/h2-10H,1,11-17H2. The second-order valence-electron chi connectivity index (χ2n) is 7.63. The number of carbonyl (C=O) groups is 1. The summed E-state index contributed by atoms with van der Waals surface area (Å²) in [7, 11) is 0. The number of para-hydroxylation sites is 1. The molecule has 0 saturated carbocycles. The van der Waals surface area contributed by atoms with E-state index in [1.165, 1.54) is 16.5 Å². The average molecular weight is 380 g/mol. The number of likely N-dealkylation sites (tertiary alicyclic amines) is 1. The van der Waals surface area contributed by atoms with Crippen molar-refractivity contribution >= 4 is 11.6 Å². The minimum Gasteiger partial charge on any atom is -0.480 e. The molecule has 146 valence electrons. The molecule has 4 rings (SSSR count). The summed E-state index contributed by atoms with van der Waals surface area (Å²) in [6.45, 7) is 6.93. The van der Waals surface area contributed by atoms with Crippen LogP contribution in [0.15, 0.2) is 66.9 Å². The molecule has 5 heteroatoms. The van der Waals surface area contributed by atoms with Gasteiger partial charge in [0.15, 0.2) is 5.76 Å². The van der Waals surface area contributed by atoms with Crippen molar-refractivity contribution in [3.63, 3.8) is 0 Å². The number of benzene rings is 2. The Labute approximate surface area is 165 Å². The maximum atomic E-state index is 14.3. The molecule has 0 aromatic heterocycles. The van der Waals surface area contributed by atoms with Crippen LogP contribution in [0, 0.1) is 5.82 Å². The number of amides is 1. The molecule has 4 nitrogen and oxygen atoms in total. The Morgan fingerprint density at radius 3 is 2.43 bits per heavy atom. The van der Waals surface area contributed by atoms with E-state index < -0.39 is 11.4 Å². The Hall–Kier alpha value is -2.66. The van der Waals surface area contributed by atoms with Gasteiger partial charge >= 0.3 is 0 Å². The normalized spacial score (nSPS) is 19.7. The molecule has 1 spiro atoms. The van der Waals surface area contributed by atoms with Crippen molar-refractivity contribution in [1.29, 1.82) is 0 Å². The van der Waals surface area contributed by atoms with Gasteiger partial charge in [-0.05, 0) is 24.1 Å². The molecule has 2 saturated heterocycles. The van der Waals surface area contributed by atoms with E-state index in [9.17, 15) is 9.18 Å². The summed E-state index contributed by atoms with van der Waals surface area (Å²) in [4.78, 5) is 16.5. The SMILES string of the molecule is C=C1OC2(CCN(CCc3ccccc3)CC2)CN(c2ccccc2F)C1=O. The Bertz CT molecular complexity index is 860. The Morgan fingerprint density at radius 2 is 1.71 bits per heavy atom. The van der Waals surface area contributed by atoms with Crippen molar-refractivity contribution in [3.05, 3.63) is 78.3 Å². The number of carbonyl (C=O) groups excluding carboxylic acids is 1. The van der Waals surface area contributed by atoms with Gasteiger partial charge in [-0.3, -0.25) is 9.69 Å². The lowest BCUT2D eigenvalue weighted by molar-refractivity contribution is -0.131. The number of morpholine rings is 1. The maximum Gasteiger partial charge on any atom is 0.292 e. The average Bonchev–Trinajstić information content (AvgIpc) is 2.72. The highest BCUT2D eigenvalue weighted by Crippen LogP contribution is 2.36. The largest absolute Gasteiger partial charge is 0.480 e. The van der Waals surface area contributed by atoms with Crippen LogP contribution in [0.2, 0.25) is 0 Å². The number of halogens is 1. The molecule has 2 heterocycles. The number of nitrogens with zero attached hydrogens (tertiary/aromatic N) is 2. The van der Waals surface area contributed by atoms with Crippen molar-refractivity contribution in [2.45, 2.75) is 24.9 Å². The first-order valence-electron chi connectivity index (χ1n) is 9.77. The molecular weight excluding hydrogens is 355 g/mol. The topological polar surface area (TPSA) is 32.8 Å². The van der Waals surface area contributed by atoms with Gasteiger partial charge in [0.2, 0.25) is 0 Å².